The van der Waals surface area contributed by atoms with Gasteiger partial charge in [0.2, 0.25) is 15.9 Å². The summed E-state index contributed by atoms with van der Waals surface area (Å²) < 4.78 is 32.9. The fourth-order valence-corrected chi connectivity index (χ4v) is 5.85. The molecule has 1 N–H and O–H groups in total. The van der Waals surface area contributed by atoms with Crippen molar-refractivity contribution < 1.29 is 17.9 Å². The van der Waals surface area contributed by atoms with Gasteiger partial charge in [-0.05, 0) is 48.7 Å². The van der Waals surface area contributed by atoms with E-state index in [0.717, 1.165) is 24.8 Å². The van der Waals surface area contributed by atoms with Gasteiger partial charge in [-0.2, -0.15) is 4.31 Å². The van der Waals surface area contributed by atoms with Crippen LogP contribution in [0.15, 0.2) is 47.4 Å². The average Bonchev–Trinajstić information content (AvgIpc) is 2.75. The van der Waals surface area contributed by atoms with Gasteiger partial charge in [-0.25, -0.2) is 8.42 Å². The molecule has 1 aliphatic rings. The molecule has 0 atom stereocenters. The second-order valence-electron chi connectivity index (χ2n) is 7.00. The van der Waals surface area contributed by atoms with E-state index in [0.29, 0.717) is 29.6 Å². The van der Waals surface area contributed by atoms with Crippen LogP contribution >= 0.6 is 23.4 Å². The maximum Gasteiger partial charge on any atom is 0.246 e. The summed E-state index contributed by atoms with van der Waals surface area (Å²) >= 11 is 7.35. The zero-order valence-corrected chi connectivity index (χ0v) is 19.2. The molecule has 9 heteroatoms. The summed E-state index contributed by atoms with van der Waals surface area (Å²) in [4.78, 5) is 12.4. The summed E-state index contributed by atoms with van der Waals surface area (Å²) in [5.74, 6) is 1.01. The van der Waals surface area contributed by atoms with E-state index in [1.54, 1.807) is 12.1 Å². The van der Waals surface area contributed by atoms with Crippen molar-refractivity contribution in [2.24, 2.45) is 0 Å². The fraction of sp³-hybridized carbons (Fsp3) is 0.381. The monoisotopic (exact) mass is 468 g/mol. The van der Waals surface area contributed by atoms with Gasteiger partial charge in [-0.3, -0.25) is 4.79 Å². The van der Waals surface area contributed by atoms with Crippen molar-refractivity contribution in [3.05, 3.63) is 53.1 Å². The second kappa shape index (κ2) is 10.5. The minimum Gasteiger partial charge on any atom is -0.495 e. The molecular weight excluding hydrogens is 444 g/mol. The highest BCUT2D eigenvalue weighted by Gasteiger charge is 2.29. The number of nitrogens with one attached hydrogen (secondary N) is 1. The van der Waals surface area contributed by atoms with Gasteiger partial charge in [0.15, 0.2) is 0 Å². The van der Waals surface area contributed by atoms with E-state index in [1.807, 2.05) is 24.3 Å². The van der Waals surface area contributed by atoms with Crippen LogP contribution in [0.25, 0.3) is 0 Å². The van der Waals surface area contributed by atoms with Crippen LogP contribution in [0.2, 0.25) is 5.02 Å². The van der Waals surface area contributed by atoms with Gasteiger partial charge in [-0.1, -0.05) is 30.2 Å². The molecule has 0 bridgehead atoms. The summed E-state index contributed by atoms with van der Waals surface area (Å²) in [5.41, 5.74) is 1.51. The Morgan fingerprint density at radius 1 is 1.13 bits per heavy atom. The Morgan fingerprint density at radius 3 is 2.50 bits per heavy atom. The molecule has 1 fully saturated rings. The number of benzene rings is 2. The Labute approximate surface area is 187 Å². The summed E-state index contributed by atoms with van der Waals surface area (Å²) in [6.45, 7) is 1.01. The SMILES string of the molecule is COc1ccc(NC(=O)CSCc2ccc(Cl)cc2)cc1S(=O)(=O)N1CCCCC1. The minimum atomic E-state index is -3.68. The predicted molar refractivity (Wildman–Crippen MR) is 122 cm³/mol. The first-order valence-corrected chi connectivity index (χ1v) is 12.7. The van der Waals surface area contributed by atoms with Gasteiger partial charge in [0.25, 0.3) is 0 Å². The Kier molecular flexibility index (Phi) is 8.05. The molecule has 1 heterocycles. The summed E-state index contributed by atoms with van der Waals surface area (Å²) in [6, 6.07) is 12.2. The Morgan fingerprint density at radius 2 is 1.83 bits per heavy atom. The first-order chi connectivity index (χ1) is 14.4. The summed E-state index contributed by atoms with van der Waals surface area (Å²) in [6.07, 6.45) is 2.73. The minimum absolute atomic E-state index is 0.0820. The smallest absolute Gasteiger partial charge is 0.246 e. The van der Waals surface area contributed by atoms with Gasteiger partial charge >= 0.3 is 0 Å². The van der Waals surface area contributed by atoms with E-state index >= 15 is 0 Å². The largest absolute Gasteiger partial charge is 0.495 e. The topological polar surface area (TPSA) is 75.7 Å². The van der Waals surface area contributed by atoms with Crippen LogP contribution in [-0.2, 0) is 20.6 Å². The molecule has 1 amide bonds. The molecule has 0 aliphatic carbocycles. The van der Waals surface area contributed by atoms with Gasteiger partial charge in [0.1, 0.15) is 10.6 Å². The number of hydrogen-bond acceptors (Lipinski definition) is 5. The number of thioether (sulfide) groups is 1. The van der Waals surface area contributed by atoms with Crippen molar-refractivity contribution in [3.63, 3.8) is 0 Å². The number of carbonyl (C=O) groups excluding carboxylic acids is 1. The first-order valence-electron chi connectivity index (χ1n) is 9.70. The third-order valence-corrected chi connectivity index (χ3v) is 7.97. The lowest BCUT2D eigenvalue weighted by molar-refractivity contribution is -0.113. The van der Waals surface area contributed by atoms with Gasteiger partial charge in [0, 0.05) is 29.6 Å². The van der Waals surface area contributed by atoms with E-state index in [4.69, 9.17) is 16.3 Å². The van der Waals surface area contributed by atoms with E-state index < -0.39 is 10.0 Å². The van der Waals surface area contributed by atoms with Gasteiger partial charge in [-0.15, -0.1) is 11.8 Å². The number of piperidine rings is 1. The zero-order chi connectivity index (χ0) is 21.6. The number of rotatable bonds is 8. The highest BCUT2D eigenvalue weighted by atomic mass is 35.5. The molecule has 3 rings (SSSR count). The molecule has 162 valence electrons. The highest BCUT2D eigenvalue weighted by molar-refractivity contribution is 7.99. The summed E-state index contributed by atoms with van der Waals surface area (Å²) in [7, 11) is -2.24. The van der Waals surface area contributed by atoms with Crippen LogP contribution in [0.3, 0.4) is 0 Å². The quantitative estimate of drug-likeness (QED) is 0.621. The van der Waals surface area contributed by atoms with Crippen LogP contribution in [0.1, 0.15) is 24.8 Å². The second-order valence-corrected chi connectivity index (χ2v) is 10.3. The molecule has 1 aliphatic heterocycles. The van der Waals surface area contributed by atoms with Crippen molar-refractivity contribution in [2.75, 3.05) is 31.3 Å². The standard InChI is InChI=1S/C21H25ClN2O4S2/c1-28-19-10-9-18(13-20(19)30(26,27)24-11-3-2-4-12-24)23-21(25)15-29-14-16-5-7-17(22)8-6-16/h5-10,13H,2-4,11-12,14-15H2,1H3,(H,23,25). The van der Waals surface area contributed by atoms with Crippen LogP contribution in [-0.4, -0.2) is 44.6 Å². The Hall–Kier alpha value is -1.74. The van der Waals surface area contributed by atoms with Crippen LogP contribution in [0.4, 0.5) is 5.69 Å². The number of methoxy groups -OCH3 is 1. The lowest BCUT2D eigenvalue weighted by Gasteiger charge is -2.26. The van der Waals surface area contributed by atoms with E-state index in [9.17, 15) is 13.2 Å². The van der Waals surface area contributed by atoms with Crippen molar-refractivity contribution >= 4 is 45.0 Å². The molecule has 0 aromatic heterocycles. The molecule has 0 radical (unpaired) electrons. The third kappa shape index (κ3) is 5.91. The van der Waals surface area contributed by atoms with Crippen molar-refractivity contribution in [1.29, 1.82) is 0 Å². The molecule has 1 saturated heterocycles. The number of amides is 1. The molecule has 0 unspecified atom stereocenters. The third-order valence-electron chi connectivity index (χ3n) is 4.80. The number of ether oxygens (including phenoxy) is 1. The molecule has 6 nitrogen and oxygen atoms in total. The number of nitrogens with zero attached hydrogens (tertiary/aromatic N) is 1. The van der Waals surface area contributed by atoms with E-state index in [-0.39, 0.29) is 22.3 Å². The fourth-order valence-electron chi connectivity index (χ4n) is 3.24. The van der Waals surface area contributed by atoms with Gasteiger partial charge in [0.05, 0.1) is 12.9 Å². The van der Waals surface area contributed by atoms with Gasteiger partial charge < -0.3 is 10.1 Å². The highest BCUT2D eigenvalue weighted by Crippen LogP contribution is 2.31. The maximum atomic E-state index is 13.1. The zero-order valence-electron chi connectivity index (χ0n) is 16.8. The van der Waals surface area contributed by atoms with E-state index in [2.05, 4.69) is 5.32 Å². The lowest BCUT2D eigenvalue weighted by Crippen LogP contribution is -2.35. The maximum absolute atomic E-state index is 13.1. The first kappa shape index (κ1) is 22.9. The van der Waals surface area contributed by atoms with Crippen molar-refractivity contribution in [2.45, 2.75) is 29.9 Å². The predicted octanol–water partition coefficient (Wildman–Crippen LogP) is 4.40. The Balaban J connectivity index is 1.65. The number of carbonyl (C=O) groups is 1. The van der Waals surface area contributed by atoms with Crippen LogP contribution in [0.5, 0.6) is 5.75 Å². The summed E-state index contributed by atoms with van der Waals surface area (Å²) in [5, 5.41) is 3.46. The molecule has 0 saturated carbocycles. The van der Waals surface area contributed by atoms with E-state index in [1.165, 1.54) is 29.2 Å². The lowest BCUT2D eigenvalue weighted by atomic mass is 10.2. The number of sulfonamides is 1. The molecular formula is C21H25ClN2O4S2. The number of anilines is 1. The normalized spacial score (nSPS) is 15.0. The molecule has 2 aromatic carbocycles. The average molecular weight is 469 g/mol. The number of halogens is 1. The van der Waals surface area contributed by atoms with Crippen molar-refractivity contribution in [3.8, 4) is 5.75 Å². The van der Waals surface area contributed by atoms with Crippen LogP contribution in [0, 0.1) is 0 Å². The van der Waals surface area contributed by atoms with Crippen LogP contribution < -0.4 is 10.1 Å². The molecule has 30 heavy (non-hydrogen) atoms. The molecule has 2 aromatic rings. The molecule has 0 spiro atoms. The number of hydrogen-bond donors (Lipinski definition) is 1. The Bertz CT molecular complexity index is 975. The van der Waals surface area contributed by atoms with Crippen molar-refractivity contribution in [1.82, 2.24) is 4.31 Å².